The van der Waals surface area contributed by atoms with Gasteiger partial charge in [0.25, 0.3) is 0 Å². The number of anilines is 1. The molecule has 3 aromatic rings. The Balaban J connectivity index is 2.48. The third-order valence-electron chi connectivity index (χ3n) is 4.32. The van der Waals surface area contributed by atoms with Crippen molar-refractivity contribution >= 4 is 11.2 Å². The molecule has 2 heterocycles. The molecule has 0 saturated heterocycles. The summed E-state index contributed by atoms with van der Waals surface area (Å²) in [5, 5.41) is 9.54. The molecule has 0 aliphatic rings. The molecule has 0 spiro atoms. The van der Waals surface area contributed by atoms with Crippen LogP contribution in [0, 0.1) is 32.1 Å². The highest BCUT2D eigenvalue weighted by Crippen LogP contribution is 2.40. The summed E-state index contributed by atoms with van der Waals surface area (Å²) in [5.74, 6) is 0.811. The van der Waals surface area contributed by atoms with Crippen molar-refractivity contribution in [2.45, 2.75) is 20.8 Å². The van der Waals surface area contributed by atoms with Crippen LogP contribution in [0.25, 0.3) is 16.8 Å². The lowest BCUT2D eigenvalue weighted by Gasteiger charge is -2.15. The van der Waals surface area contributed by atoms with Crippen molar-refractivity contribution < 1.29 is 4.74 Å². The number of nitrogens with two attached hydrogens (primary N) is 1. The van der Waals surface area contributed by atoms with Gasteiger partial charge in [-0.05, 0) is 50.1 Å². The summed E-state index contributed by atoms with van der Waals surface area (Å²) in [5.41, 5.74) is 13.3. The number of benzene rings is 1. The Morgan fingerprint density at radius 2 is 1.91 bits per heavy atom. The van der Waals surface area contributed by atoms with Gasteiger partial charge >= 0.3 is 0 Å². The number of rotatable bonds is 2. The van der Waals surface area contributed by atoms with E-state index in [1.165, 1.54) is 0 Å². The van der Waals surface area contributed by atoms with Crippen molar-refractivity contribution in [2.24, 2.45) is 0 Å². The number of hydrogen-bond acceptors (Lipinski definition) is 3. The van der Waals surface area contributed by atoms with E-state index in [1.807, 2.05) is 55.6 Å². The second-order valence-electron chi connectivity index (χ2n) is 5.79. The van der Waals surface area contributed by atoms with Crippen LogP contribution < -0.4 is 10.5 Å². The maximum atomic E-state index is 9.54. The fraction of sp³-hybridized carbons (Fsp3) is 0.211. The Hall–Kier alpha value is -2.93. The van der Waals surface area contributed by atoms with E-state index in [2.05, 4.69) is 6.07 Å². The van der Waals surface area contributed by atoms with Crippen LogP contribution >= 0.6 is 0 Å². The van der Waals surface area contributed by atoms with Crippen molar-refractivity contribution in [3.05, 3.63) is 52.7 Å². The predicted molar refractivity (Wildman–Crippen MR) is 92.7 cm³/mol. The zero-order valence-electron chi connectivity index (χ0n) is 13.8. The largest absolute Gasteiger partial charge is 0.496 e. The van der Waals surface area contributed by atoms with Gasteiger partial charge in [-0.1, -0.05) is 6.07 Å². The van der Waals surface area contributed by atoms with Crippen LogP contribution in [0.1, 0.15) is 22.3 Å². The minimum atomic E-state index is 0.512. The van der Waals surface area contributed by atoms with Crippen LogP contribution in [-0.4, -0.2) is 11.5 Å². The van der Waals surface area contributed by atoms with Crippen molar-refractivity contribution in [1.29, 1.82) is 5.26 Å². The summed E-state index contributed by atoms with van der Waals surface area (Å²) in [7, 11) is 1.66. The second kappa shape index (κ2) is 5.36. The summed E-state index contributed by atoms with van der Waals surface area (Å²) in [6, 6.07) is 10.2. The number of nitrogen functional groups attached to an aromatic ring is 1. The zero-order valence-corrected chi connectivity index (χ0v) is 13.8. The summed E-state index contributed by atoms with van der Waals surface area (Å²) in [4.78, 5) is 0. The number of aryl methyl sites for hydroxylation is 2. The first-order chi connectivity index (χ1) is 11.0. The Labute approximate surface area is 135 Å². The summed E-state index contributed by atoms with van der Waals surface area (Å²) < 4.78 is 7.45. The maximum absolute atomic E-state index is 9.54. The van der Waals surface area contributed by atoms with Gasteiger partial charge in [0.2, 0.25) is 0 Å². The van der Waals surface area contributed by atoms with Crippen molar-refractivity contribution in [1.82, 2.24) is 4.40 Å². The number of nitrogens with zero attached hydrogens (tertiary/aromatic N) is 2. The number of hydrogen-bond donors (Lipinski definition) is 1. The first kappa shape index (κ1) is 15.0. The Kier molecular flexibility index (Phi) is 3.49. The molecule has 23 heavy (non-hydrogen) atoms. The lowest BCUT2D eigenvalue weighted by atomic mass is 9.98. The number of ether oxygens (including phenoxy) is 1. The number of nitriles is 1. The summed E-state index contributed by atoms with van der Waals surface area (Å²) in [6.07, 6.45) is 1.97. The molecule has 0 aliphatic heterocycles. The van der Waals surface area contributed by atoms with Crippen LogP contribution in [0.5, 0.6) is 5.75 Å². The summed E-state index contributed by atoms with van der Waals surface area (Å²) in [6.45, 7) is 6.06. The quantitative estimate of drug-likeness (QED) is 0.778. The number of aromatic nitrogens is 1. The van der Waals surface area contributed by atoms with Gasteiger partial charge in [-0.2, -0.15) is 5.26 Å². The number of methoxy groups -OCH3 is 1. The van der Waals surface area contributed by atoms with Crippen LogP contribution in [0.2, 0.25) is 0 Å². The average molecular weight is 305 g/mol. The predicted octanol–water partition coefficient (Wildman–Crippen LogP) is 3.99. The molecule has 0 radical (unpaired) electrons. The smallest absolute Gasteiger partial charge is 0.122 e. The van der Waals surface area contributed by atoms with E-state index in [-0.39, 0.29) is 0 Å². The third-order valence-corrected chi connectivity index (χ3v) is 4.32. The highest BCUT2D eigenvalue weighted by Gasteiger charge is 2.21. The van der Waals surface area contributed by atoms with Gasteiger partial charge in [0.05, 0.1) is 24.0 Å². The highest BCUT2D eigenvalue weighted by molar-refractivity contribution is 5.90. The van der Waals surface area contributed by atoms with E-state index in [0.29, 0.717) is 11.3 Å². The SMILES string of the molecule is COc1ccc(C)c(-c2c(N)c(C#N)c3cc(C)ccn23)c1C. The van der Waals surface area contributed by atoms with E-state index in [1.54, 1.807) is 7.11 Å². The minimum Gasteiger partial charge on any atom is -0.496 e. The number of pyridine rings is 1. The molecular weight excluding hydrogens is 286 g/mol. The van der Waals surface area contributed by atoms with Gasteiger partial charge in [0.1, 0.15) is 17.4 Å². The van der Waals surface area contributed by atoms with Gasteiger partial charge < -0.3 is 14.9 Å². The molecular formula is C19H19N3O. The normalized spacial score (nSPS) is 10.7. The fourth-order valence-electron chi connectivity index (χ4n) is 3.17. The van der Waals surface area contributed by atoms with E-state index >= 15 is 0 Å². The average Bonchev–Trinajstić information content (AvgIpc) is 2.79. The van der Waals surface area contributed by atoms with Crippen LogP contribution in [0.3, 0.4) is 0 Å². The van der Waals surface area contributed by atoms with Crippen molar-refractivity contribution in [3.8, 4) is 23.1 Å². The van der Waals surface area contributed by atoms with Gasteiger partial charge in [-0.25, -0.2) is 0 Å². The molecule has 0 atom stereocenters. The molecule has 0 unspecified atom stereocenters. The van der Waals surface area contributed by atoms with Crippen LogP contribution in [-0.2, 0) is 0 Å². The van der Waals surface area contributed by atoms with Gasteiger partial charge in [-0.3, -0.25) is 0 Å². The maximum Gasteiger partial charge on any atom is 0.122 e. The fourth-order valence-corrected chi connectivity index (χ4v) is 3.17. The van der Waals surface area contributed by atoms with Gasteiger partial charge in [0.15, 0.2) is 0 Å². The monoisotopic (exact) mass is 305 g/mol. The third kappa shape index (κ3) is 2.13. The van der Waals surface area contributed by atoms with E-state index in [4.69, 9.17) is 10.5 Å². The standard InChI is InChI=1S/C19H19N3O/c1-11-7-8-22-15(9-11)14(10-20)18(21)19(22)17-12(2)5-6-16(23-4)13(17)3/h5-9H,21H2,1-4H3. The van der Waals surface area contributed by atoms with E-state index in [9.17, 15) is 5.26 Å². The lowest BCUT2D eigenvalue weighted by Crippen LogP contribution is -1.98. The molecule has 0 fully saturated rings. The molecule has 0 saturated carbocycles. The molecule has 4 heteroatoms. The minimum absolute atomic E-state index is 0.512. The molecule has 0 bridgehead atoms. The molecule has 0 amide bonds. The Bertz CT molecular complexity index is 961. The lowest BCUT2D eigenvalue weighted by molar-refractivity contribution is 0.412. The Morgan fingerprint density at radius 3 is 2.57 bits per heavy atom. The molecule has 116 valence electrons. The molecule has 2 N–H and O–H groups in total. The van der Waals surface area contributed by atoms with E-state index < -0.39 is 0 Å². The van der Waals surface area contributed by atoms with Crippen LogP contribution in [0.15, 0.2) is 30.5 Å². The molecule has 0 aliphatic carbocycles. The Morgan fingerprint density at radius 1 is 1.17 bits per heavy atom. The second-order valence-corrected chi connectivity index (χ2v) is 5.79. The summed E-state index contributed by atoms with van der Waals surface area (Å²) >= 11 is 0. The molecule has 3 rings (SSSR count). The first-order valence-electron chi connectivity index (χ1n) is 7.44. The first-order valence-corrected chi connectivity index (χ1v) is 7.44. The van der Waals surface area contributed by atoms with Crippen LogP contribution in [0.4, 0.5) is 5.69 Å². The van der Waals surface area contributed by atoms with Gasteiger partial charge in [-0.15, -0.1) is 0 Å². The van der Waals surface area contributed by atoms with Gasteiger partial charge in [0, 0.05) is 17.3 Å². The molecule has 2 aromatic heterocycles. The molecule has 1 aromatic carbocycles. The zero-order chi connectivity index (χ0) is 16.7. The van der Waals surface area contributed by atoms with E-state index in [0.717, 1.165) is 39.2 Å². The highest BCUT2D eigenvalue weighted by atomic mass is 16.5. The van der Waals surface area contributed by atoms with Crippen molar-refractivity contribution in [2.75, 3.05) is 12.8 Å². The number of fused-ring (bicyclic) bond motifs is 1. The topological polar surface area (TPSA) is 63.5 Å². The van der Waals surface area contributed by atoms with Crippen molar-refractivity contribution in [3.63, 3.8) is 0 Å². The molecule has 4 nitrogen and oxygen atoms in total.